The number of hydrogen-bond donors (Lipinski definition) is 7. The van der Waals surface area contributed by atoms with Crippen molar-refractivity contribution in [2.45, 2.75) is 57.3 Å². The van der Waals surface area contributed by atoms with Gasteiger partial charge in [0, 0.05) is 23.5 Å². The summed E-state index contributed by atoms with van der Waals surface area (Å²) in [5.74, 6) is -3.72. The summed E-state index contributed by atoms with van der Waals surface area (Å²) >= 11 is 0. The van der Waals surface area contributed by atoms with E-state index in [0.717, 1.165) is 22.0 Å². The average Bonchev–Trinajstić information content (AvgIpc) is 3.36. The number of benzene rings is 2. The molecule has 0 fully saturated rings. The van der Waals surface area contributed by atoms with Crippen LogP contribution < -0.4 is 21.7 Å². The molecular formula is C29H37N5O6. The fourth-order valence-corrected chi connectivity index (χ4v) is 4.37. The highest BCUT2D eigenvalue weighted by Crippen LogP contribution is 2.19. The maximum atomic E-state index is 13.3. The van der Waals surface area contributed by atoms with Gasteiger partial charge in [-0.2, -0.15) is 0 Å². The van der Waals surface area contributed by atoms with Gasteiger partial charge in [0.2, 0.25) is 17.7 Å². The molecule has 0 bridgehead atoms. The van der Waals surface area contributed by atoms with E-state index >= 15 is 0 Å². The summed E-state index contributed by atoms with van der Waals surface area (Å²) < 4.78 is 0. The molecule has 11 nitrogen and oxygen atoms in total. The van der Waals surface area contributed by atoms with Gasteiger partial charge >= 0.3 is 5.97 Å². The van der Waals surface area contributed by atoms with Gasteiger partial charge in [0.05, 0.1) is 12.6 Å². The number of H-pyrrole nitrogens is 1. The Labute approximate surface area is 232 Å². The Morgan fingerprint density at radius 1 is 0.875 bits per heavy atom. The summed E-state index contributed by atoms with van der Waals surface area (Å²) in [5, 5.41) is 27.8. The number of carboxylic acid groups (broad SMARTS) is 1. The van der Waals surface area contributed by atoms with Crippen LogP contribution >= 0.6 is 0 Å². The van der Waals surface area contributed by atoms with Gasteiger partial charge in [-0.25, -0.2) is 4.79 Å². The molecule has 0 radical (unpaired) electrons. The highest BCUT2D eigenvalue weighted by molar-refractivity contribution is 5.94. The van der Waals surface area contributed by atoms with Crippen molar-refractivity contribution >= 4 is 34.6 Å². The molecule has 0 spiro atoms. The number of hydrogen-bond acceptors (Lipinski definition) is 6. The summed E-state index contributed by atoms with van der Waals surface area (Å²) in [7, 11) is 0. The van der Waals surface area contributed by atoms with Crippen molar-refractivity contribution in [3.63, 3.8) is 0 Å². The van der Waals surface area contributed by atoms with Gasteiger partial charge in [-0.05, 0) is 29.5 Å². The second-order valence-corrected chi connectivity index (χ2v) is 9.87. The summed E-state index contributed by atoms with van der Waals surface area (Å²) in [6.45, 7) is 2.70. The van der Waals surface area contributed by atoms with Crippen molar-refractivity contribution in [2.75, 3.05) is 6.61 Å². The van der Waals surface area contributed by atoms with Crippen LogP contribution in [0, 0.1) is 5.92 Å². The molecule has 3 aromatic rings. The molecule has 8 N–H and O–H groups in total. The molecule has 3 rings (SSSR count). The van der Waals surface area contributed by atoms with E-state index in [1.54, 1.807) is 44.3 Å². The smallest absolute Gasteiger partial charge is 0.326 e. The molecule has 214 valence electrons. The number of carboxylic acids is 1. The number of aliphatic carboxylic acids is 1. The van der Waals surface area contributed by atoms with Gasteiger partial charge in [0.1, 0.15) is 18.1 Å². The number of aliphatic hydroxyl groups excluding tert-OH is 1. The van der Waals surface area contributed by atoms with Crippen LogP contribution in [0.4, 0.5) is 0 Å². The second kappa shape index (κ2) is 14.2. The van der Waals surface area contributed by atoms with Crippen LogP contribution in [0.25, 0.3) is 10.9 Å². The summed E-state index contributed by atoms with van der Waals surface area (Å²) in [6.07, 6.45) is 2.61. The van der Waals surface area contributed by atoms with Crippen LogP contribution in [0.5, 0.6) is 0 Å². The third-order valence-corrected chi connectivity index (χ3v) is 6.96. The lowest BCUT2D eigenvalue weighted by Gasteiger charge is -2.26. The monoisotopic (exact) mass is 551 g/mol. The third-order valence-electron chi connectivity index (χ3n) is 6.96. The van der Waals surface area contributed by atoms with Gasteiger partial charge < -0.3 is 36.9 Å². The number of nitrogens with two attached hydrogens (primary N) is 1. The molecule has 0 saturated heterocycles. The van der Waals surface area contributed by atoms with Gasteiger partial charge in [-0.1, -0.05) is 68.8 Å². The van der Waals surface area contributed by atoms with Crippen LogP contribution in [0.3, 0.4) is 0 Å². The van der Waals surface area contributed by atoms with Crippen LogP contribution in [-0.2, 0) is 32.0 Å². The Kier molecular flexibility index (Phi) is 10.8. The molecule has 0 saturated carbocycles. The maximum Gasteiger partial charge on any atom is 0.326 e. The number of carbonyl (C=O) groups is 4. The van der Waals surface area contributed by atoms with Crippen molar-refractivity contribution in [1.82, 2.24) is 20.9 Å². The molecule has 5 atom stereocenters. The number of amides is 3. The van der Waals surface area contributed by atoms with Gasteiger partial charge in [-0.15, -0.1) is 0 Å². The molecule has 0 aliphatic carbocycles. The maximum absolute atomic E-state index is 13.3. The quantitative estimate of drug-likeness (QED) is 0.155. The lowest BCUT2D eigenvalue weighted by atomic mass is 9.99. The number of aromatic amines is 1. The molecule has 2 aromatic carbocycles. The fourth-order valence-electron chi connectivity index (χ4n) is 4.37. The Morgan fingerprint density at radius 2 is 1.50 bits per heavy atom. The van der Waals surface area contributed by atoms with Crippen LogP contribution in [0.1, 0.15) is 31.4 Å². The van der Waals surface area contributed by atoms with Crippen LogP contribution in [-0.4, -0.2) is 69.7 Å². The molecular weight excluding hydrogens is 514 g/mol. The Bertz CT molecular complexity index is 1310. The predicted molar refractivity (Wildman–Crippen MR) is 150 cm³/mol. The van der Waals surface area contributed by atoms with Crippen molar-refractivity contribution in [3.8, 4) is 0 Å². The minimum atomic E-state index is -1.42. The second-order valence-electron chi connectivity index (χ2n) is 9.87. The highest BCUT2D eigenvalue weighted by Gasteiger charge is 2.32. The first-order valence-corrected chi connectivity index (χ1v) is 13.2. The number of carbonyl (C=O) groups excluding carboxylic acids is 3. The number of aliphatic hydroxyl groups is 1. The minimum Gasteiger partial charge on any atom is -0.480 e. The van der Waals surface area contributed by atoms with E-state index in [0.29, 0.717) is 6.42 Å². The number of fused-ring (bicyclic) bond motifs is 1. The molecule has 1 aromatic heterocycles. The molecule has 3 amide bonds. The highest BCUT2D eigenvalue weighted by atomic mass is 16.4. The SMILES string of the molecule is CCC(C)C(NC(=O)C(CO)NC(=O)C(Cc1ccccc1)NC(=O)C(N)Cc1c[nH]c2ccccc12)C(=O)O. The first kappa shape index (κ1) is 30.3. The first-order chi connectivity index (χ1) is 19.1. The number of rotatable bonds is 14. The van der Waals surface area contributed by atoms with Crippen molar-refractivity contribution in [1.29, 1.82) is 0 Å². The summed E-state index contributed by atoms with van der Waals surface area (Å²) in [5.41, 5.74) is 8.75. The molecule has 0 aliphatic rings. The number of nitrogens with one attached hydrogen (secondary N) is 4. The van der Waals surface area contributed by atoms with E-state index in [9.17, 15) is 29.4 Å². The normalized spacial score (nSPS) is 14.9. The zero-order valence-electron chi connectivity index (χ0n) is 22.6. The zero-order valence-corrected chi connectivity index (χ0v) is 22.6. The van der Waals surface area contributed by atoms with E-state index in [1.165, 1.54) is 0 Å². The third kappa shape index (κ3) is 7.90. The minimum absolute atomic E-state index is 0.0998. The Balaban J connectivity index is 1.73. The van der Waals surface area contributed by atoms with Crippen molar-refractivity contribution < 1.29 is 29.4 Å². The van der Waals surface area contributed by atoms with Gasteiger partial charge in [0.25, 0.3) is 0 Å². The Hall–Kier alpha value is -4.22. The predicted octanol–water partition coefficient (Wildman–Crippen LogP) is 0.858. The van der Waals surface area contributed by atoms with E-state index in [-0.39, 0.29) is 18.8 Å². The standard InChI is InChI=1S/C29H37N5O6/c1-3-17(2)25(29(39)40)34-28(38)24(16-35)33-27(37)23(13-18-9-5-4-6-10-18)32-26(36)21(30)14-19-15-31-22-12-8-7-11-20(19)22/h4-12,15,17,21,23-25,31,35H,3,13-14,16,30H2,1-2H3,(H,32,36)(H,33,37)(H,34,38)(H,39,40). The van der Waals surface area contributed by atoms with E-state index < -0.39 is 54.5 Å². The number of aromatic nitrogens is 1. The summed E-state index contributed by atoms with van der Waals surface area (Å²) in [4.78, 5) is 54.0. The lowest BCUT2D eigenvalue weighted by molar-refractivity contribution is -0.144. The van der Waals surface area contributed by atoms with E-state index in [2.05, 4.69) is 20.9 Å². The topological polar surface area (TPSA) is 187 Å². The first-order valence-electron chi connectivity index (χ1n) is 13.2. The van der Waals surface area contributed by atoms with Gasteiger partial charge in [-0.3, -0.25) is 14.4 Å². The van der Waals surface area contributed by atoms with Crippen molar-refractivity contribution in [2.24, 2.45) is 11.7 Å². The molecule has 5 unspecified atom stereocenters. The average molecular weight is 552 g/mol. The zero-order chi connectivity index (χ0) is 29.2. The summed E-state index contributed by atoms with van der Waals surface area (Å²) in [6, 6.07) is 11.9. The lowest BCUT2D eigenvalue weighted by Crippen LogP contribution is -2.59. The van der Waals surface area contributed by atoms with Crippen LogP contribution in [0.15, 0.2) is 60.8 Å². The Morgan fingerprint density at radius 3 is 2.15 bits per heavy atom. The number of para-hydroxylation sites is 1. The largest absolute Gasteiger partial charge is 0.480 e. The fraction of sp³-hybridized carbons (Fsp3) is 0.379. The molecule has 11 heteroatoms. The molecule has 0 aliphatic heterocycles. The van der Waals surface area contributed by atoms with Crippen LogP contribution in [0.2, 0.25) is 0 Å². The molecule has 1 heterocycles. The molecule has 40 heavy (non-hydrogen) atoms. The van der Waals surface area contributed by atoms with E-state index in [4.69, 9.17) is 5.73 Å². The van der Waals surface area contributed by atoms with Crippen molar-refractivity contribution in [3.05, 3.63) is 71.9 Å². The van der Waals surface area contributed by atoms with Gasteiger partial charge in [0.15, 0.2) is 0 Å². The van der Waals surface area contributed by atoms with E-state index in [1.807, 2.05) is 30.3 Å².